The third-order valence-electron chi connectivity index (χ3n) is 7.88. The van der Waals surface area contributed by atoms with Crippen LogP contribution in [-0.4, -0.2) is 15.0 Å². The average Bonchev–Trinajstić information content (AvgIpc) is 3.07. The van der Waals surface area contributed by atoms with E-state index in [-0.39, 0.29) is 0 Å². The smallest absolute Gasteiger partial charge is 0.160 e. The van der Waals surface area contributed by atoms with E-state index < -0.39 is 0 Å². The molecule has 3 heteroatoms. The van der Waals surface area contributed by atoms with Crippen molar-refractivity contribution in [3.05, 3.63) is 152 Å². The van der Waals surface area contributed by atoms with Crippen LogP contribution in [0.25, 0.3) is 77.5 Å². The van der Waals surface area contributed by atoms with Crippen molar-refractivity contribution < 1.29 is 0 Å². The summed E-state index contributed by atoms with van der Waals surface area (Å²) in [6, 6.07) is 50.8. The molecule has 0 amide bonds. The van der Waals surface area contributed by atoms with Crippen LogP contribution in [0.2, 0.25) is 0 Å². The monoisotopic (exact) mass is 535 g/mol. The summed E-state index contributed by atoms with van der Waals surface area (Å²) in [6.45, 7) is 0. The van der Waals surface area contributed by atoms with Crippen LogP contribution in [0.3, 0.4) is 0 Å². The standard InChI is InChI=1S/C39H25N3/c1-3-11-29-22-31(18-16-26(29)8-1)36-25-37(32-19-17-27-9-2-4-12-30(27)23-32)42-39(41-36)34-14-7-13-33(24-34)38-35-15-6-5-10-28(35)20-21-40-38/h1-25H. The molecule has 0 aliphatic carbocycles. The predicted octanol–water partition coefficient (Wildman–Crippen LogP) is 10.00. The fourth-order valence-corrected chi connectivity index (χ4v) is 5.72. The van der Waals surface area contributed by atoms with Gasteiger partial charge in [0.15, 0.2) is 5.82 Å². The second-order valence-electron chi connectivity index (χ2n) is 10.5. The molecule has 42 heavy (non-hydrogen) atoms. The van der Waals surface area contributed by atoms with E-state index in [0.29, 0.717) is 5.82 Å². The third-order valence-corrected chi connectivity index (χ3v) is 7.88. The molecule has 0 aliphatic heterocycles. The van der Waals surface area contributed by atoms with Gasteiger partial charge in [-0.15, -0.1) is 0 Å². The molecule has 8 aromatic rings. The average molecular weight is 536 g/mol. The minimum Gasteiger partial charge on any atom is -0.256 e. The van der Waals surface area contributed by atoms with Gasteiger partial charge in [-0.1, -0.05) is 115 Å². The maximum Gasteiger partial charge on any atom is 0.160 e. The van der Waals surface area contributed by atoms with Crippen molar-refractivity contribution in [2.45, 2.75) is 0 Å². The molecule has 2 heterocycles. The molecule has 6 aromatic carbocycles. The molecular formula is C39H25N3. The van der Waals surface area contributed by atoms with Gasteiger partial charge < -0.3 is 0 Å². The Morgan fingerprint density at radius 1 is 0.357 bits per heavy atom. The Labute approximate surface area is 243 Å². The highest BCUT2D eigenvalue weighted by Gasteiger charge is 2.13. The number of aromatic nitrogens is 3. The van der Waals surface area contributed by atoms with E-state index in [9.17, 15) is 0 Å². The van der Waals surface area contributed by atoms with Crippen molar-refractivity contribution >= 4 is 32.3 Å². The summed E-state index contributed by atoms with van der Waals surface area (Å²) in [6.07, 6.45) is 1.87. The van der Waals surface area contributed by atoms with Gasteiger partial charge in [0, 0.05) is 33.8 Å². The summed E-state index contributed by atoms with van der Waals surface area (Å²) in [4.78, 5) is 15.0. The van der Waals surface area contributed by atoms with E-state index >= 15 is 0 Å². The lowest BCUT2D eigenvalue weighted by Crippen LogP contribution is -1.96. The molecule has 0 fully saturated rings. The summed E-state index contributed by atoms with van der Waals surface area (Å²) in [5, 5.41) is 7.08. The second-order valence-corrected chi connectivity index (χ2v) is 10.5. The fraction of sp³-hybridized carbons (Fsp3) is 0. The molecule has 0 spiro atoms. The lowest BCUT2D eigenvalue weighted by atomic mass is 10.0. The van der Waals surface area contributed by atoms with Gasteiger partial charge in [0.05, 0.1) is 17.1 Å². The Morgan fingerprint density at radius 3 is 1.60 bits per heavy atom. The highest BCUT2D eigenvalue weighted by molar-refractivity contribution is 5.95. The highest BCUT2D eigenvalue weighted by atomic mass is 14.9. The molecule has 0 aliphatic rings. The number of hydrogen-bond donors (Lipinski definition) is 0. The summed E-state index contributed by atoms with van der Waals surface area (Å²) in [5.41, 5.74) is 6.85. The van der Waals surface area contributed by atoms with Crippen molar-refractivity contribution in [2.24, 2.45) is 0 Å². The number of fused-ring (bicyclic) bond motifs is 3. The van der Waals surface area contributed by atoms with E-state index in [0.717, 1.165) is 44.7 Å². The van der Waals surface area contributed by atoms with E-state index in [2.05, 4.69) is 146 Å². The first-order chi connectivity index (χ1) is 20.8. The van der Waals surface area contributed by atoms with Crippen LogP contribution in [0.15, 0.2) is 152 Å². The van der Waals surface area contributed by atoms with Gasteiger partial charge >= 0.3 is 0 Å². The quantitative estimate of drug-likeness (QED) is 0.225. The SMILES string of the molecule is c1cc(-c2nc(-c3ccc4ccccc4c3)cc(-c3ccc4ccccc4c3)n2)cc(-c2nccc3ccccc23)c1. The van der Waals surface area contributed by atoms with Crippen LogP contribution in [0, 0.1) is 0 Å². The summed E-state index contributed by atoms with van der Waals surface area (Å²) < 4.78 is 0. The lowest BCUT2D eigenvalue weighted by Gasteiger charge is -2.12. The number of hydrogen-bond acceptors (Lipinski definition) is 3. The zero-order valence-corrected chi connectivity index (χ0v) is 22.8. The van der Waals surface area contributed by atoms with Crippen LogP contribution in [0.5, 0.6) is 0 Å². The molecule has 0 unspecified atom stereocenters. The van der Waals surface area contributed by atoms with Crippen molar-refractivity contribution in [1.82, 2.24) is 15.0 Å². The van der Waals surface area contributed by atoms with E-state index in [4.69, 9.17) is 15.0 Å². The third kappa shape index (κ3) is 4.38. The first-order valence-electron chi connectivity index (χ1n) is 14.1. The van der Waals surface area contributed by atoms with Gasteiger partial charge in [0.2, 0.25) is 0 Å². The number of benzene rings is 6. The van der Waals surface area contributed by atoms with Crippen LogP contribution < -0.4 is 0 Å². The molecule has 3 nitrogen and oxygen atoms in total. The molecule has 2 aromatic heterocycles. The Morgan fingerprint density at radius 2 is 0.929 bits per heavy atom. The number of nitrogens with zero attached hydrogens (tertiary/aromatic N) is 3. The zero-order valence-electron chi connectivity index (χ0n) is 22.8. The van der Waals surface area contributed by atoms with E-state index in [1.165, 1.54) is 26.9 Å². The number of rotatable bonds is 4. The zero-order chi connectivity index (χ0) is 27.9. The normalized spacial score (nSPS) is 11.3. The topological polar surface area (TPSA) is 38.7 Å². The molecule has 0 N–H and O–H groups in total. The minimum absolute atomic E-state index is 0.686. The van der Waals surface area contributed by atoms with Gasteiger partial charge in [-0.25, -0.2) is 9.97 Å². The minimum atomic E-state index is 0.686. The highest BCUT2D eigenvalue weighted by Crippen LogP contribution is 2.33. The molecule has 0 atom stereocenters. The summed E-state index contributed by atoms with van der Waals surface area (Å²) >= 11 is 0. The van der Waals surface area contributed by atoms with Crippen molar-refractivity contribution in [2.75, 3.05) is 0 Å². The van der Waals surface area contributed by atoms with Gasteiger partial charge in [-0.05, 0) is 57.3 Å². The van der Waals surface area contributed by atoms with E-state index in [1.54, 1.807) is 0 Å². The van der Waals surface area contributed by atoms with Crippen molar-refractivity contribution in [3.8, 4) is 45.2 Å². The Hall–Kier alpha value is -5.67. The largest absolute Gasteiger partial charge is 0.256 e. The van der Waals surface area contributed by atoms with Crippen molar-refractivity contribution in [1.29, 1.82) is 0 Å². The first kappa shape index (κ1) is 24.2. The molecule has 8 rings (SSSR count). The predicted molar refractivity (Wildman–Crippen MR) is 174 cm³/mol. The summed E-state index contributed by atoms with van der Waals surface area (Å²) in [5.74, 6) is 0.686. The molecule has 0 radical (unpaired) electrons. The second kappa shape index (κ2) is 10.1. The Balaban J connectivity index is 1.32. The lowest BCUT2D eigenvalue weighted by molar-refractivity contribution is 1.18. The maximum absolute atomic E-state index is 5.13. The fourth-order valence-electron chi connectivity index (χ4n) is 5.72. The van der Waals surface area contributed by atoms with E-state index in [1.807, 2.05) is 6.20 Å². The van der Waals surface area contributed by atoms with Crippen LogP contribution >= 0.6 is 0 Å². The Bertz CT molecular complexity index is 2170. The van der Waals surface area contributed by atoms with Crippen LogP contribution in [0.4, 0.5) is 0 Å². The first-order valence-corrected chi connectivity index (χ1v) is 14.1. The van der Waals surface area contributed by atoms with Gasteiger partial charge in [0.1, 0.15) is 0 Å². The summed E-state index contributed by atoms with van der Waals surface area (Å²) in [7, 11) is 0. The number of pyridine rings is 1. The van der Waals surface area contributed by atoms with Gasteiger partial charge in [-0.2, -0.15) is 0 Å². The van der Waals surface area contributed by atoms with Gasteiger partial charge in [0.25, 0.3) is 0 Å². The van der Waals surface area contributed by atoms with Gasteiger partial charge in [-0.3, -0.25) is 4.98 Å². The molecule has 196 valence electrons. The van der Waals surface area contributed by atoms with Crippen LogP contribution in [-0.2, 0) is 0 Å². The molecule has 0 bridgehead atoms. The van der Waals surface area contributed by atoms with Crippen molar-refractivity contribution in [3.63, 3.8) is 0 Å². The molecular weight excluding hydrogens is 510 g/mol. The maximum atomic E-state index is 5.13. The molecule has 0 saturated carbocycles. The molecule has 0 saturated heterocycles. The van der Waals surface area contributed by atoms with Crippen LogP contribution in [0.1, 0.15) is 0 Å². The Kier molecular flexibility index (Phi) is 5.79.